The molecule has 1 unspecified atom stereocenters. The summed E-state index contributed by atoms with van der Waals surface area (Å²) in [6, 6.07) is 15.3. The maximum Gasteiger partial charge on any atom is 0.331 e. The molecule has 1 atom stereocenters. The molecule has 1 saturated carbocycles. The first-order valence-electron chi connectivity index (χ1n) is 10.7. The lowest BCUT2D eigenvalue weighted by Gasteiger charge is -2.18. The van der Waals surface area contributed by atoms with Gasteiger partial charge in [-0.15, -0.1) is 0 Å². The highest BCUT2D eigenvalue weighted by Crippen LogP contribution is 2.23. The van der Waals surface area contributed by atoms with Crippen LogP contribution in [0.2, 0.25) is 0 Å². The van der Waals surface area contributed by atoms with E-state index in [4.69, 9.17) is 4.74 Å². The Morgan fingerprint density at radius 3 is 2.25 bits per heavy atom. The molecular formula is C24H28N2O5S. The molecule has 2 aromatic carbocycles. The van der Waals surface area contributed by atoms with Crippen LogP contribution in [0.4, 0.5) is 0 Å². The molecule has 2 aromatic rings. The maximum atomic E-state index is 12.6. The van der Waals surface area contributed by atoms with Gasteiger partial charge in [0.2, 0.25) is 16.1 Å². The van der Waals surface area contributed by atoms with Gasteiger partial charge >= 0.3 is 5.97 Å². The largest absolute Gasteiger partial charge is 0.444 e. The third-order valence-electron chi connectivity index (χ3n) is 5.13. The van der Waals surface area contributed by atoms with E-state index in [-0.39, 0.29) is 16.8 Å². The van der Waals surface area contributed by atoms with Crippen LogP contribution in [-0.2, 0) is 24.3 Å². The SMILES string of the molecule is CCN(CC)S(=O)(=O)c1ccc(/C=C/C(=O)OC(C(=O)NC2CC2)c2ccccc2)cc1. The number of esters is 1. The Balaban J connectivity index is 1.68. The Labute approximate surface area is 189 Å². The first-order chi connectivity index (χ1) is 15.3. The normalized spacial score (nSPS) is 15.0. The van der Waals surface area contributed by atoms with Crippen LogP contribution >= 0.6 is 0 Å². The van der Waals surface area contributed by atoms with E-state index in [1.54, 1.807) is 50.2 Å². The predicted octanol–water partition coefficient (Wildman–Crippen LogP) is 3.29. The quantitative estimate of drug-likeness (QED) is 0.437. The van der Waals surface area contributed by atoms with Crippen molar-refractivity contribution in [1.29, 1.82) is 0 Å². The first-order valence-corrected chi connectivity index (χ1v) is 12.1. The number of hydrogen-bond acceptors (Lipinski definition) is 5. The van der Waals surface area contributed by atoms with Crippen molar-refractivity contribution in [3.05, 3.63) is 71.8 Å². The molecule has 0 heterocycles. The van der Waals surface area contributed by atoms with E-state index in [2.05, 4.69) is 5.32 Å². The average molecular weight is 457 g/mol. The van der Waals surface area contributed by atoms with Gasteiger partial charge in [0.15, 0.2) is 0 Å². The lowest BCUT2D eigenvalue weighted by Crippen LogP contribution is -2.33. The average Bonchev–Trinajstić information content (AvgIpc) is 3.61. The number of benzene rings is 2. The van der Waals surface area contributed by atoms with Crippen LogP contribution in [0.15, 0.2) is 65.6 Å². The number of nitrogens with zero attached hydrogens (tertiary/aromatic N) is 1. The Morgan fingerprint density at radius 1 is 1.06 bits per heavy atom. The van der Waals surface area contributed by atoms with E-state index in [9.17, 15) is 18.0 Å². The summed E-state index contributed by atoms with van der Waals surface area (Å²) in [7, 11) is -3.54. The lowest BCUT2D eigenvalue weighted by atomic mass is 10.1. The number of carbonyl (C=O) groups excluding carboxylic acids is 2. The number of nitrogens with one attached hydrogen (secondary N) is 1. The minimum absolute atomic E-state index is 0.147. The van der Waals surface area contributed by atoms with Crippen molar-refractivity contribution in [2.45, 2.75) is 43.7 Å². The van der Waals surface area contributed by atoms with Crippen molar-refractivity contribution in [1.82, 2.24) is 9.62 Å². The van der Waals surface area contributed by atoms with Gasteiger partial charge in [0.25, 0.3) is 5.91 Å². The van der Waals surface area contributed by atoms with Crippen LogP contribution in [0.1, 0.15) is 43.9 Å². The number of sulfonamides is 1. The molecule has 0 aromatic heterocycles. The zero-order valence-electron chi connectivity index (χ0n) is 18.2. The molecule has 7 nitrogen and oxygen atoms in total. The molecule has 0 aliphatic heterocycles. The predicted molar refractivity (Wildman–Crippen MR) is 122 cm³/mol. The summed E-state index contributed by atoms with van der Waals surface area (Å²) in [5.41, 5.74) is 1.23. The summed E-state index contributed by atoms with van der Waals surface area (Å²) >= 11 is 0. The van der Waals surface area contributed by atoms with Crippen LogP contribution in [-0.4, -0.2) is 43.7 Å². The molecule has 1 N–H and O–H groups in total. The molecule has 1 aliphatic rings. The molecule has 1 fully saturated rings. The summed E-state index contributed by atoms with van der Waals surface area (Å²) in [5, 5.41) is 2.87. The zero-order chi connectivity index (χ0) is 23.1. The standard InChI is InChI=1S/C24H28N2O5S/c1-3-26(4-2)32(29,30)21-15-10-18(11-16-21)12-17-22(27)31-23(19-8-6-5-7-9-19)24(28)25-20-13-14-20/h5-12,15-17,20,23H,3-4,13-14H2,1-2H3,(H,25,28)/b17-12+. The van der Waals surface area contributed by atoms with Crippen LogP contribution in [0.3, 0.4) is 0 Å². The van der Waals surface area contributed by atoms with Gasteiger partial charge in [-0.1, -0.05) is 56.3 Å². The van der Waals surface area contributed by atoms with E-state index in [0.717, 1.165) is 12.8 Å². The van der Waals surface area contributed by atoms with Crippen LogP contribution in [0, 0.1) is 0 Å². The molecule has 0 spiro atoms. The van der Waals surface area contributed by atoms with Crippen molar-refractivity contribution >= 4 is 28.0 Å². The van der Waals surface area contributed by atoms with Crippen molar-refractivity contribution in [2.75, 3.05) is 13.1 Å². The van der Waals surface area contributed by atoms with E-state index < -0.39 is 22.1 Å². The Morgan fingerprint density at radius 2 is 1.69 bits per heavy atom. The molecule has 0 radical (unpaired) electrons. The van der Waals surface area contributed by atoms with Gasteiger partial charge in [0, 0.05) is 30.8 Å². The lowest BCUT2D eigenvalue weighted by molar-refractivity contribution is -0.151. The smallest absolute Gasteiger partial charge is 0.331 e. The molecule has 8 heteroatoms. The van der Waals surface area contributed by atoms with Gasteiger partial charge in [-0.2, -0.15) is 4.31 Å². The van der Waals surface area contributed by atoms with Crippen molar-refractivity contribution in [3.63, 3.8) is 0 Å². The summed E-state index contributed by atoms with van der Waals surface area (Å²) in [5.74, 6) is -1.00. The second-order valence-corrected chi connectivity index (χ2v) is 9.44. The minimum Gasteiger partial charge on any atom is -0.444 e. The van der Waals surface area contributed by atoms with Gasteiger partial charge in [0.1, 0.15) is 0 Å². The number of amides is 1. The fourth-order valence-corrected chi connectivity index (χ4v) is 4.65. The van der Waals surface area contributed by atoms with Crippen molar-refractivity contribution in [3.8, 4) is 0 Å². The van der Waals surface area contributed by atoms with E-state index >= 15 is 0 Å². The van der Waals surface area contributed by atoms with Gasteiger partial charge < -0.3 is 10.1 Å². The summed E-state index contributed by atoms with van der Waals surface area (Å²) < 4.78 is 32.0. The van der Waals surface area contributed by atoms with E-state index in [1.165, 1.54) is 28.6 Å². The molecule has 1 aliphatic carbocycles. The van der Waals surface area contributed by atoms with Crippen molar-refractivity contribution in [2.24, 2.45) is 0 Å². The fourth-order valence-electron chi connectivity index (χ4n) is 3.19. The molecule has 0 saturated heterocycles. The topological polar surface area (TPSA) is 92.8 Å². The van der Waals surface area contributed by atoms with Crippen LogP contribution in [0.5, 0.6) is 0 Å². The first kappa shape index (κ1) is 23.7. The molecular weight excluding hydrogens is 428 g/mol. The fraction of sp³-hybridized carbons (Fsp3) is 0.333. The third kappa shape index (κ3) is 6.05. The summed E-state index contributed by atoms with van der Waals surface area (Å²) in [4.78, 5) is 25.2. The highest BCUT2D eigenvalue weighted by Gasteiger charge is 2.30. The maximum absolute atomic E-state index is 12.6. The molecule has 1 amide bonds. The highest BCUT2D eigenvalue weighted by molar-refractivity contribution is 7.89. The molecule has 170 valence electrons. The monoisotopic (exact) mass is 456 g/mol. The highest BCUT2D eigenvalue weighted by atomic mass is 32.2. The molecule has 0 bridgehead atoms. The van der Waals surface area contributed by atoms with E-state index in [1.807, 2.05) is 6.07 Å². The summed E-state index contributed by atoms with van der Waals surface area (Å²) in [6.07, 6.45) is 3.59. The molecule has 3 rings (SSSR count). The number of ether oxygens (including phenoxy) is 1. The summed E-state index contributed by atoms with van der Waals surface area (Å²) in [6.45, 7) is 4.36. The van der Waals surface area contributed by atoms with Crippen LogP contribution in [0.25, 0.3) is 6.08 Å². The third-order valence-corrected chi connectivity index (χ3v) is 7.20. The van der Waals surface area contributed by atoms with Gasteiger partial charge in [-0.3, -0.25) is 4.79 Å². The van der Waals surface area contributed by atoms with Crippen LogP contribution < -0.4 is 5.32 Å². The minimum atomic E-state index is -3.54. The van der Waals surface area contributed by atoms with Gasteiger partial charge in [0.05, 0.1) is 4.90 Å². The Bertz CT molecular complexity index is 1060. The van der Waals surface area contributed by atoms with E-state index in [0.29, 0.717) is 24.2 Å². The second-order valence-electron chi connectivity index (χ2n) is 7.50. The van der Waals surface area contributed by atoms with Gasteiger partial charge in [-0.25, -0.2) is 13.2 Å². The number of rotatable bonds is 10. The number of hydrogen-bond donors (Lipinski definition) is 1. The number of carbonyl (C=O) groups is 2. The Kier molecular flexibility index (Phi) is 7.82. The van der Waals surface area contributed by atoms with Crippen molar-refractivity contribution < 1.29 is 22.7 Å². The zero-order valence-corrected chi connectivity index (χ0v) is 19.0. The molecule has 32 heavy (non-hydrogen) atoms. The second kappa shape index (κ2) is 10.6. The Hall–Kier alpha value is -2.97. The van der Waals surface area contributed by atoms with Gasteiger partial charge in [-0.05, 0) is 36.6 Å².